The third-order valence-electron chi connectivity index (χ3n) is 2.71. The van der Waals surface area contributed by atoms with Gasteiger partial charge in [0.05, 0.1) is 18.8 Å². The summed E-state index contributed by atoms with van der Waals surface area (Å²) in [4.78, 5) is 4.44. The van der Waals surface area contributed by atoms with E-state index in [2.05, 4.69) is 9.38 Å². The Morgan fingerprint density at radius 1 is 1.50 bits per heavy atom. The van der Waals surface area contributed by atoms with Crippen molar-refractivity contribution in [3.8, 4) is 5.75 Å². The highest BCUT2D eigenvalue weighted by Crippen LogP contribution is 2.39. The van der Waals surface area contributed by atoms with Gasteiger partial charge in [0, 0.05) is 18.2 Å². The summed E-state index contributed by atoms with van der Waals surface area (Å²) in [6, 6.07) is 3.99. The molecule has 0 saturated heterocycles. The van der Waals surface area contributed by atoms with Crippen LogP contribution in [0, 0.1) is 0 Å². The first-order valence-electron chi connectivity index (χ1n) is 4.89. The van der Waals surface area contributed by atoms with Crippen LogP contribution < -0.4 is 4.74 Å². The van der Waals surface area contributed by atoms with Crippen molar-refractivity contribution in [1.29, 1.82) is 0 Å². The molecule has 14 heavy (non-hydrogen) atoms. The highest BCUT2D eigenvalue weighted by molar-refractivity contribution is 5.51. The number of pyridine rings is 1. The fraction of sp³-hybridized carbons (Fsp3) is 0.364. The zero-order valence-corrected chi connectivity index (χ0v) is 8.10. The number of hydrogen-bond donors (Lipinski definition) is 0. The molecule has 0 aromatic carbocycles. The lowest BCUT2D eigenvalue weighted by molar-refractivity contribution is 0.414. The maximum atomic E-state index is 5.17. The molecule has 0 radical (unpaired) electrons. The van der Waals surface area contributed by atoms with Gasteiger partial charge in [0.15, 0.2) is 0 Å². The van der Waals surface area contributed by atoms with Crippen LogP contribution in [0.4, 0.5) is 0 Å². The number of fused-ring (bicyclic) bond motifs is 1. The van der Waals surface area contributed by atoms with Gasteiger partial charge in [0.1, 0.15) is 11.6 Å². The average molecular weight is 188 g/mol. The molecule has 0 N–H and O–H groups in total. The largest absolute Gasteiger partial charge is 0.497 e. The van der Waals surface area contributed by atoms with E-state index in [0.717, 1.165) is 11.3 Å². The fourth-order valence-corrected chi connectivity index (χ4v) is 1.77. The summed E-state index contributed by atoms with van der Waals surface area (Å²) < 4.78 is 7.32. The summed E-state index contributed by atoms with van der Waals surface area (Å²) >= 11 is 0. The van der Waals surface area contributed by atoms with Gasteiger partial charge in [-0.2, -0.15) is 0 Å². The molecule has 0 atom stereocenters. The van der Waals surface area contributed by atoms with Crippen LogP contribution >= 0.6 is 0 Å². The van der Waals surface area contributed by atoms with Crippen LogP contribution in [0.25, 0.3) is 5.52 Å². The topological polar surface area (TPSA) is 26.5 Å². The molecule has 2 aromatic rings. The number of hydrogen-bond acceptors (Lipinski definition) is 2. The molecular weight excluding hydrogens is 176 g/mol. The van der Waals surface area contributed by atoms with Crippen molar-refractivity contribution >= 4 is 5.52 Å². The SMILES string of the molecule is COc1ccn2c(C3CC3)ncc2c1. The van der Waals surface area contributed by atoms with Crippen molar-refractivity contribution in [2.24, 2.45) is 0 Å². The summed E-state index contributed by atoms with van der Waals surface area (Å²) in [7, 11) is 1.68. The third-order valence-corrected chi connectivity index (χ3v) is 2.71. The van der Waals surface area contributed by atoms with E-state index in [0.29, 0.717) is 5.92 Å². The first-order valence-corrected chi connectivity index (χ1v) is 4.89. The van der Waals surface area contributed by atoms with Gasteiger partial charge in [-0.3, -0.25) is 0 Å². The van der Waals surface area contributed by atoms with Crippen molar-refractivity contribution in [3.05, 3.63) is 30.4 Å². The lowest BCUT2D eigenvalue weighted by atomic mass is 10.3. The van der Waals surface area contributed by atoms with Gasteiger partial charge in [-0.15, -0.1) is 0 Å². The molecule has 0 bridgehead atoms. The van der Waals surface area contributed by atoms with E-state index in [1.165, 1.54) is 18.7 Å². The van der Waals surface area contributed by atoms with E-state index in [-0.39, 0.29) is 0 Å². The Labute approximate surface area is 82.3 Å². The predicted octanol–water partition coefficient (Wildman–Crippen LogP) is 2.22. The Morgan fingerprint density at radius 3 is 3.07 bits per heavy atom. The molecule has 1 fully saturated rings. The molecule has 0 unspecified atom stereocenters. The van der Waals surface area contributed by atoms with Crippen LogP contribution in [0.15, 0.2) is 24.5 Å². The summed E-state index contributed by atoms with van der Waals surface area (Å²) in [6.07, 6.45) is 6.52. The second-order valence-electron chi connectivity index (χ2n) is 3.75. The van der Waals surface area contributed by atoms with E-state index in [4.69, 9.17) is 4.74 Å². The predicted molar refractivity (Wildman–Crippen MR) is 53.7 cm³/mol. The van der Waals surface area contributed by atoms with E-state index >= 15 is 0 Å². The van der Waals surface area contributed by atoms with Crippen molar-refractivity contribution in [1.82, 2.24) is 9.38 Å². The summed E-state index contributed by atoms with van der Waals surface area (Å²) in [6.45, 7) is 0. The smallest absolute Gasteiger partial charge is 0.122 e. The van der Waals surface area contributed by atoms with Crippen LogP contribution in [0.5, 0.6) is 5.75 Å². The van der Waals surface area contributed by atoms with Crippen LogP contribution in [0.2, 0.25) is 0 Å². The normalized spacial score (nSPS) is 16.1. The molecule has 2 heterocycles. The lowest BCUT2D eigenvalue weighted by Crippen LogP contribution is -1.92. The zero-order chi connectivity index (χ0) is 9.54. The number of aromatic nitrogens is 2. The molecule has 1 aliphatic rings. The van der Waals surface area contributed by atoms with E-state index in [1.54, 1.807) is 7.11 Å². The Bertz CT molecular complexity index is 471. The first-order chi connectivity index (χ1) is 6.88. The van der Waals surface area contributed by atoms with Gasteiger partial charge in [0.2, 0.25) is 0 Å². The van der Waals surface area contributed by atoms with Crippen LogP contribution in [-0.4, -0.2) is 16.5 Å². The molecule has 3 heteroatoms. The number of imidazole rings is 1. The highest BCUT2D eigenvalue weighted by Gasteiger charge is 2.27. The van der Waals surface area contributed by atoms with E-state index in [9.17, 15) is 0 Å². The molecular formula is C11H12N2O. The van der Waals surface area contributed by atoms with Crippen molar-refractivity contribution in [2.75, 3.05) is 7.11 Å². The van der Waals surface area contributed by atoms with Crippen molar-refractivity contribution in [2.45, 2.75) is 18.8 Å². The third kappa shape index (κ3) is 1.09. The summed E-state index contributed by atoms with van der Waals surface area (Å²) in [5.74, 6) is 2.77. The number of nitrogens with zero attached hydrogens (tertiary/aromatic N) is 2. The maximum Gasteiger partial charge on any atom is 0.122 e. The number of rotatable bonds is 2. The van der Waals surface area contributed by atoms with Gasteiger partial charge >= 0.3 is 0 Å². The van der Waals surface area contributed by atoms with Crippen LogP contribution in [-0.2, 0) is 0 Å². The molecule has 0 amide bonds. The molecule has 72 valence electrons. The lowest BCUT2D eigenvalue weighted by Gasteiger charge is -2.01. The Kier molecular flexibility index (Phi) is 1.54. The molecule has 3 rings (SSSR count). The Morgan fingerprint density at radius 2 is 2.36 bits per heavy atom. The molecule has 1 aliphatic carbocycles. The van der Waals surface area contributed by atoms with Crippen LogP contribution in [0.1, 0.15) is 24.6 Å². The summed E-state index contributed by atoms with van der Waals surface area (Å²) in [5, 5.41) is 0. The Hall–Kier alpha value is -1.51. The average Bonchev–Trinajstić information content (AvgIpc) is 2.98. The van der Waals surface area contributed by atoms with Gasteiger partial charge in [-0.05, 0) is 18.9 Å². The van der Waals surface area contributed by atoms with E-state index in [1.807, 2.05) is 24.5 Å². The first kappa shape index (κ1) is 7.85. The molecule has 3 nitrogen and oxygen atoms in total. The number of methoxy groups -OCH3 is 1. The van der Waals surface area contributed by atoms with Crippen molar-refractivity contribution in [3.63, 3.8) is 0 Å². The minimum absolute atomic E-state index is 0.686. The zero-order valence-electron chi connectivity index (χ0n) is 8.10. The maximum absolute atomic E-state index is 5.17. The summed E-state index contributed by atoms with van der Waals surface area (Å²) in [5.41, 5.74) is 1.12. The van der Waals surface area contributed by atoms with Gasteiger partial charge in [-0.25, -0.2) is 4.98 Å². The standard InChI is InChI=1S/C11H12N2O/c1-14-10-4-5-13-9(6-10)7-12-11(13)8-2-3-8/h4-8H,2-3H2,1H3. The monoisotopic (exact) mass is 188 g/mol. The quantitative estimate of drug-likeness (QED) is 0.722. The molecule has 0 spiro atoms. The highest BCUT2D eigenvalue weighted by atomic mass is 16.5. The minimum atomic E-state index is 0.686. The second kappa shape index (κ2) is 2.74. The minimum Gasteiger partial charge on any atom is -0.497 e. The fourth-order valence-electron chi connectivity index (χ4n) is 1.77. The second-order valence-corrected chi connectivity index (χ2v) is 3.75. The molecule has 1 saturated carbocycles. The van der Waals surface area contributed by atoms with Gasteiger partial charge in [-0.1, -0.05) is 0 Å². The Balaban J connectivity index is 2.17. The molecule has 0 aliphatic heterocycles. The van der Waals surface area contributed by atoms with Gasteiger partial charge in [0.25, 0.3) is 0 Å². The number of ether oxygens (including phenoxy) is 1. The van der Waals surface area contributed by atoms with Gasteiger partial charge < -0.3 is 9.14 Å². The van der Waals surface area contributed by atoms with Crippen LogP contribution in [0.3, 0.4) is 0 Å². The van der Waals surface area contributed by atoms with E-state index < -0.39 is 0 Å². The molecule has 2 aromatic heterocycles. The van der Waals surface area contributed by atoms with Crippen molar-refractivity contribution < 1.29 is 4.74 Å².